The SMILES string of the molecule is CC[C@@H]1C[C@@H](COc2cccnc2)N(C)C1.Cl.Cl. The van der Waals surface area contributed by atoms with Gasteiger partial charge in [-0.3, -0.25) is 9.88 Å². The zero-order valence-corrected chi connectivity index (χ0v) is 12.5. The third kappa shape index (κ3) is 4.63. The molecule has 2 rings (SSSR count). The fraction of sp³-hybridized carbons (Fsp3) is 0.615. The van der Waals surface area contributed by atoms with Gasteiger partial charge in [0.15, 0.2) is 0 Å². The molecule has 2 heterocycles. The van der Waals surface area contributed by atoms with Gasteiger partial charge in [0, 0.05) is 18.8 Å². The number of likely N-dealkylation sites (tertiary alicyclic amines) is 1. The molecule has 1 fully saturated rings. The van der Waals surface area contributed by atoms with Crippen molar-refractivity contribution in [2.75, 3.05) is 20.2 Å². The summed E-state index contributed by atoms with van der Waals surface area (Å²) in [5.74, 6) is 1.71. The molecule has 104 valence electrons. The van der Waals surface area contributed by atoms with Crippen LogP contribution in [0.2, 0.25) is 0 Å². The van der Waals surface area contributed by atoms with Crippen LogP contribution >= 0.6 is 24.8 Å². The van der Waals surface area contributed by atoms with Crippen LogP contribution in [0.15, 0.2) is 24.5 Å². The Kier molecular flexibility index (Phi) is 8.32. The molecule has 1 aromatic rings. The van der Waals surface area contributed by atoms with Crippen molar-refractivity contribution < 1.29 is 4.74 Å². The Balaban J connectivity index is 0.00000144. The lowest BCUT2D eigenvalue weighted by atomic mass is 10.0. The zero-order valence-electron chi connectivity index (χ0n) is 10.9. The molecule has 0 bridgehead atoms. The van der Waals surface area contributed by atoms with Crippen LogP contribution in [0.4, 0.5) is 0 Å². The lowest BCUT2D eigenvalue weighted by Crippen LogP contribution is -2.30. The van der Waals surface area contributed by atoms with Crippen LogP contribution in [0.3, 0.4) is 0 Å². The van der Waals surface area contributed by atoms with E-state index in [1.807, 2.05) is 12.1 Å². The summed E-state index contributed by atoms with van der Waals surface area (Å²) in [7, 11) is 2.19. The maximum atomic E-state index is 5.75. The summed E-state index contributed by atoms with van der Waals surface area (Å²) >= 11 is 0. The van der Waals surface area contributed by atoms with Crippen LogP contribution in [-0.4, -0.2) is 36.1 Å². The molecule has 1 aliphatic heterocycles. The van der Waals surface area contributed by atoms with Crippen molar-refractivity contribution in [3.05, 3.63) is 24.5 Å². The van der Waals surface area contributed by atoms with Gasteiger partial charge in [-0.2, -0.15) is 0 Å². The molecule has 0 saturated carbocycles. The van der Waals surface area contributed by atoms with Crippen molar-refractivity contribution in [1.82, 2.24) is 9.88 Å². The van der Waals surface area contributed by atoms with E-state index >= 15 is 0 Å². The first-order chi connectivity index (χ1) is 7.79. The average molecular weight is 293 g/mol. The number of ether oxygens (including phenoxy) is 1. The molecule has 0 N–H and O–H groups in total. The van der Waals surface area contributed by atoms with Gasteiger partial charge in [0.2, 0.25) is 0 Å². The van der Waals surface area contributed by atoms with Gasteiger partial charge in [0.05, 0.1) is 6.20 Å². The predicted octanol–water partition coefficient (Wildman–Crippen LogP) is 3.03. The fourth-order valence-electron chi connectivity index (χ4n) is 2.31. The molecule has 0 aliphatic carbocycles. The van der Waals surface area contributed by atoms with Gasteiger partial charge in [-0.05, 0) is 31.5 Å². The van der Waals surface area contributed by atoms with Crippen molar-refractivity contribution in [3.63, 3.8) is 0 Å². The van der Waals surface area contributed by atoms with Crippen molar-refractivity contribution in [3.8, 4) is 5.75 Å². The number of aromatic nitrogens is 1. The smallest absolute Gasteiger partial charge is 0.137 e. The molecule has 0 radical (unpaired) electrons. The summed E-state index contributed by atoms with van der Waals surface area (Å²) in [6, 6.07) is 4.42. The Morgan fingerprint density at radius 1 is 1.44 bits per heavy atom. The number of nitrogens with zero attached hydrogens (tertiary/aromatic N) is 2. The summed E-state index contributed by atoms with van der Waals surface area (Å²) in [5.41, 5.74) is 0. The molecule has 0 amide bonds. The molecule has 0 unspecified atom stereocenters. The Labute approximate surface area is 122 Å². The van der Waals surface area contributed by atoms with Crippen LogP contribution in [0.25, 0.3) is 0 Å². The van der Waals surface area contributed by atoms with Gasteiger partial charge >= 0.3 is 0 Å². The maximum Gasteiger partial charge on any atom is 0.137 e. The zero-order chi connectivity index (χ0) is 11.4. The van der Waals surface area contributed by atoms with Crippen molar-refractivity contribution in [2.24, 2.45) is 5.92 Å². The number of halogens is 2. The fourth-order valence-corrected chi connectivity index (χ4v) is 2.31. The van der Waals surface area contributed by atoms with Gasteiger partial charge < -0.3 is 4.74 Å². The highest BCUT2D eigenvalue weighted by atomic mass is 35.5. The summed E-state index contributed by atoms with van der Waals surface area (Å²) in [5, 5.41) is 0. The largest absolute Gasteiger partial charge is 0.490 e. The quantitative estimate of drug-likeness (QED) is 0.853. The molecule has 1 aliphatic rings. The van der Waals surface area contributed by atoms with Crippen LogP contribution in [0, 0.1) is 5.92 Å². The topological polar surface area (TPSA) is 25.4 Å². The van der Waals surface area contributed by atoms with Crippen LogP contribution in [0.1, 0.15) is 19.8 Å². The molecular formula is C13H22Cl2N2O. The molecule has 5 heteroatoms. The van der Waals surface area contributed by atoms with Gasteiger partial charge in [-0.25, -0.2) is 0 Å². The van der Waals surface area contributed by atoms with E-state index in [-0.39, 0.29) is 24.8 Å². The second kappa shape index (κ2) is 8.57. The van der Waals surface area contributed by atoms with Crippen molar-refractivity contribution >= 4 is 24.8 Å². The Morgan fingerprint density at radius 2 is 2.22 bits per heavy atom. The lowest BCUT2D eigenvalue weighted by molar-refractivity contribution is 0.198. The molecule has 0 aromatic carbocycles. The first kappa shape index (κ1) is 17.5. The second-order valence-electron chi connectivity index (χ2n) is 4.60. The van der Waals surface area contributed by atoms with E-state index in [0.717, 1.165) is 18.3 Å². The lowest BCUT2D eigenvalue weighted by Gasteiger charge is -2.19. The third-order valence-corrected chi connectivity index (χ3v) is 3.43. The molecule has 1 saturated heterocycles. The van der Waals surface area contributed by atoms with Crippen molar-refractivity contribution in [2.45, 2.75) is 25.8 Å². The van der Waals surface area contributed by atoms with E-state index in [0.29, 0.717) is 6.04 Å². The maximum absolute atomic E-state index is 5.75. The number of rotatable bonds is 4. The minimum absolute atomic E-state index is 0. The monoisotopic (exact) mass is 292 g/mol. The second-order valence-corrected chi connectivity index (χ2v) is 4.60. The van der Waals surface area contributed by atoms with Crippen LogP contribution in [-0.2, 0) is 0 Å². The molecular weight excluding hydrogens is 271 g/mol. The van der Waals surface area contributed by atoms with Crippen LogP contribution < -0.4 is 4.74 Å². The summed E-state index contributed by atoms with van der Waals surface area (Å²) in [6.45, 7) is 4.25. The standard InChI is InChI=1S/C13H20N2O.2ClH/c1-3-11-7-12(15(2)9-11)10-16-13-5-4-6-14-8-13;;/h4-6,8,11-12H,3,7,9-10H2,1-2H3;2*1H/t11-,12+;;/m1../s1. The number of pyridine rings is 1. The summed E-state index contributed by atoms with van der Waals surface area (Å²) < 4.78 is 5.75. The van der Waals surface area contributed by atoms with E-state index < -0.39 is 0 Å². The number of hydrogen-bond acceptors (Lipinski definition) is 3. The minimum atomic E-state index is 0. The predicted molar refractivity (Wildman–Crippen MR) is 79.0 cm³/mol. The first-order valence-electron chi connectivity index (χ1n) is 6.02. The van der Waals surface area contributed by atoms with E-state index in [9.17, 15) is 0 Å². The van der Waals surface area contributed by atoms with Crippen LogP contribution in [0.5, 0.6) is 5.75 Å². The van der Waals surface area contributed by atoms with Gasteiger partial charge in [-0.15, -0.1) is 24.8 Å². The summed E-state index contributed by atoms with van der Waals surface area (Å²) in [6.07, 6.45) is 6.06. The van der Waals surface area contributed by atoms with Gasteiger partial charge in [0.25, 0.3) is 0 Å². The highest BCUT2D eigenvalue weighted by Crippen LogP contribution is 2.24. The van der Waals surface area contributed by atoms with E-state index in [4.69, 9.17) is 4.74 Å². The Bertz CT molecular complexity index is 324. The highest BCUT2D eigenvalue weighted by Gasteiger charge is 2.28. The normalized spacial score (nSPS) is 23.0. The van der Waals surface area contributed by atoms with E-state index in [1.165, 1.54) is 19.4 Å². The highest BCUT2D eigenvalue weighted by molar-refractivity contribution is 5.85. The molecule has 18 heavy (non-hydrogen) atoms. The number of likely N-dealkylation sites (N-methyl/N-ethyl adjacent to an activating group) is 1. The van der Waals surface area contributed by atoms with E-state index in [2.05, 4.69) is 23.9 Å². The molecule has 2 atom stereocenters. The number of hydrogen-bond donors (Lipinski definition) is 0. The van der Waals surface area contributed by atoms with Gasteiger partial charge in [-0.1, -0.05) is 13.3 Å². The van der Waals surface area contributed by atoms with Crippen molar-refractivity contribution in [1.29, 1.82) is 0 Å². The molecule has 0 spiro atoms. The first-order valence-corrected chi connectivity index (χ1v) is 6.02. The minimum Gasteiger partial charge on any atom is -0.490 e. The Hall–Kier alpha value is -0.510. The summed E-state index contributed by atoms with van der Waals surface area (Å²) in [4.78, 5) is 6.45. The molecule has 3 nitrogen and oxygen atoms in total. The van der Waals surface area contributed by atoms with Gasteiger partial charge in [0.1, 0.15) is 12.4 Å². The third-order valence-electron chi connectivity index (χ3n) is 3.43. The average Bonchev–Trinajstić information content (AvgIpc) is 2.69. The molecule has 1 aromatic heterocycles. The van der Waals surface area contributed by atoms with E-state index in [1.54, 1.807) is 12.4 Å². The Morgan fingerprint density at radius 3 is 2.78 bits per heavy atom.